The number of aliphatic hydroxyl groups excluding tert-OH is 5. The molecule has 1 saturated heterocycles. The predicted octanol–water partition coefficient (Wildman–Crippen LogP) is 19.5. The third-order valence-electron chi connectivity index (χ3n) is 16.4. The number of nitrogens with one attached hydrogen (secondary N) is 1. The molecule has 1 amide bonds. The number of allylic oxidation sites excluding steroid dienone is 15. The van der Waals surface area contributed by atoms with Gasteiger partial charge in [0, 0.05) is 6.42 Å². The molecule has 1 rings (SSSR count). The normalized spacial score (nSPS) is 18.8. The van der Waals surface area contributed by atoms with E-state index in [-0.39, 0.29) is 12.5 Å². The van der Waals surface area contributed by atoms with Crippen LogP contribution in [0.5, 0.6) is 0 Å². The number of hydrogen-bond acceptors (Lipinski definition) is 8. The maximum atomic E-state index is 13.1. The van der Waals surface area contributed by atoms with E-state index in [1.807, 2.05) is 6.08 Å². The number of hydrogen-bond donors (Lipinski definition) is 6. The van der Waals surface area contributed by atoms with E-state index in [1.165, 1.54) is 199 Å². The molecule has 1 fully saturated rings. The monoisotopic (exact) mass is 1180 g/mol. The van der Waals surface area contributed by atoms with Crippen molar-refractivity contribution in [3.05, 3.63) is 97.2 Å². The Morgan fingerprint density at radius 2 is 0.738 bits per heavy atom. The molecule has 0 aromatic heterocycles. The summed E-state index contributed by atoms with van der Waals surface area (Å²) in [6.07, 6.45) is 85.1. The Bertz CT molecular complexity index is 1650. The second-order valence-electron chi connectivity index (χ2n) is 24.3. The molecule has 486 valence electrons. The first kappa shape index (κ1) is 79.1. The predicted molar refractivity (Wildman–Crippen MR) is 359 cm³/mol. The number of carbonyl (C=O) groups excluding carboxylic acids is 1. The van der Waals surface area contributed by atoms with Crippen LogP contribution in [0, 0.1) is 0 Å². The van der Waals surface area contributed by atoms with Gasteiger partial charge in [0.05, 0.1) is 25.4 Å². The Kier molecular flexibility index (Phi) is 59.5. The van der Waals surface area contributed by atoms with Crippen LogP contribution < -0.4 is 5.32 Å². The van der Waals surface area contributed by atoms with Gasteiger partial charge in [-0.3, -0.25) is 4.79 Å². The summed E-state index contributed by atoms with van der Waals surface area (Å²) in [6.45, 7) is 3.69. The van der Waals surface area contributed by atoms with Gasteiger partial charge in [-0.2, -0.15) is 0 Å². The van der Waals surface area contributed by atoms with Gasteiger partial charge < -0.3 is 40.3 Å². The average molecular weight is 1180 g/mol. The largest absolute Gasteiger partial charge is 0.394 e. The molecule has 9 heteroatoms. The highest BCUT2D eigenvalue weighted by Gasteiger charge is 2.44. The second kappa shape index (κ2) is 63.1. The van der Waals surface area contributed by atoms with Crippen LogP contribution in [0.15, 0.2) is 97.2 Å². The zero-order valence-corrected chi connectivity index (χ0v) is 54.4. The molecule has 0 aromatic carbocycles. The molecule has 1 heterocycles. The van der Waals surface area contributed by atoms with Gasteiger partial charge in [-0.1, -0.05) is 329 Å². The number of amides is 1. The van der Waals surface area contributed by atoms with Crippen LogP contribution in [0.1, 0.15) is 316 Å². The summed E-state index contributed by atoms with van der Waals surface area (Å²) in [5.74, 6) is -0.188. The molecule has 6 N–H and O–H groups in total. The van der Waals surface area contributed by atoms with Crippen LogP contribution in [-0.4, -0.2) is 87.5 Å². The van der Waals surface area contributed by atoms with E-state index in [0.717, 1.165) is 96.3 Å². The lowest BCUT2D eigenvalue weighted by Crippen LogP contribution is -2.60. The Morgan fingerprint density at radius 3 is 1.10 bits per heavy atom. The van der Waals surface area contributed by atoms with E-state index >= 15 is 0 Å². The van der Waals surface area contributed by atoms with Crippen molar-refractivity contribution in [2.24, 2.45) is 0 Å². The number of aliphatic hydroxyl groups is 5. The van der Waals surface area contributed by atoms with Gasteiger partial charge in [0.25, 0.3) is 0 Å². The molecule has 0 radical (unpaired) electrons. The van der Waals surface area contributed by atoms with Crippen LogP contribution in [0.4, 0.5) is 0 Å². The van der Waals surface area contributed by atoms with Gasteiger partial charge in [-0.25, -0.2) is 0 Å². The molecule has 0 spiro atoms. The van der Waals surface area contributed by atoms with Gasteiger partial charge >= 0.3 is 0 Å². The van der Waals surface area contributed by atoms with E-state index in [1.54, 1.807) is 6.08 Å². The van der Waals surface area contributed by atoms with Crippen LogP contribution in [-0.2, 0) is 14.3 Å². The van der Waals surface area contributed by atoms with Crippen molar-refractivity contribution in [2.75, 3.05) is 13.2 Å². The van der Waals surface area contributed by atoms with Crippen LogP contribution >= 0.6 is 0 Å². The van der Waals surface area contributed by atoms with Gasteiger partial charge in [0.1, 0.15) is 24.4 Å². The van der Waals surface area contributed by atoms with Crippen molar-refractivity contribution < 1.29 is 39.8 Å². The highest BCUT2D eigenvalue weighted by molar-refractivity contribution is 5.76. The van der Waals surface area contributed by atoms with E-state index in [4.69, 9.17) is 9.47 Å². The fourth-order valence-corrected chi connectivity index (χ4v) is 10.9. The molecular weight excluding hydrogens is 1040 g/mol. The first-order chi connectivity index (χ1) is 41.3. The van der Waals surface area contributed by atoms with Gasteiger partial charge in [-0.05, 0) is 77.0 Å². The number of carbonyl (C=O) groups is 1. The molecule has 84 heavy (non-hydrogen) atoms. The Labute approximate surface area is 517 Å². The molecule has 9 nitrogen and oxygen atoms in total. The highest BCUT2D eigenvalue weighted by Crippen LogP contribution is 2.23. The van der Waals surface area contributed by atoms with Crippen LogP contribution in [0.3, 0.4) is 0 Å². The fourth-order valence-electron chi connectivity index (χ4n) is 10.9. The summed E-state index contributed by atoms with van der Waals surface area (Å²) in [5, 5.41) is 54.8. The SMILES string of the molecule is CC/C=C\C/C=C\C/C=C\C/C=C\C/C=C\C/C=C\C/C=C\CCCCCCCCCC(=O)NC(COC1OC(CO)C(O)C(O)C1O)C(O)/C=C/CCCCCCCCCCCCCCCCCCCCCCCCCCCCCCCC. The Morgan fingerprint density at radius 1 is 0.417 bits per heavy atom. The van der Waals surface area contributed by atoms with Crippen molar-refractivity contribution in [2.45, 2.75) is 358 Å². The summed E-state index contributed by atoms with van der Waals surface area (Å²) in [4.78, 5) is 13.1. The van der Waals surface area contributed by atoms with Gasteiger partial charge in [0.15, 0.2) is 6.29 Å². The molecular formula is C75H133NO8. The van der Waals surface area contributed by atoms with Crippen molar-refractivity contribution in [1.29, 1.82) is 0 Å². The number of ether oxygens (including phenoxy) is 2. The number of unbranched alkanes of at least 4 members (excludes halogenated alkanes) is 37. The quantitative estimate of drug-likeness (QED) is 0.0261. The zero-order chi connectivity index (χ0) is 60.7. The van der Waals surface area contributed by atoms with Crippen molar-refractivity contribution in [3.8, 4) is 0 Å². The fraction of sp³-hybridized carbons (Fsp3) is 0.773. The second-order valence-corrected chi connectivity index (χ2v) is 24.3. The van der Waals surface area contributed by atoms with E-state index in [2.05, 4.69) is 104 Å². The van der Waals surface area contributed by atoms with E-state index < -0.39 is 49.5 Å². The first-order valence-corrected chi connectivity index (χ1v) is 35.5. The van der Waals surface area contributed by atoms with Crippen LogP contribution in [0.2, 0.25) is 0 Å². The van der Waals surface area contributed by atoms with Gasteiger partial charge in [-0.15, -0.1) is 0 Å². The summed E-state index contributed by atoms with van der Waals surface area (Å²) in [5.41, 5.74) is 0. The zero-order valence-electron chi connectivity index (χ0n) is 54.4. The lowest BCUT2D eigenvalue weighted by atomic mass is 9.99. The highest BCUT2D eigenvalue weighted by atomic mass is 16.7. The Balaban J connectivity index is 2.16. The van der Waals surface area contributed by atoms with Gasteiger partial charge in [0.2, 0.25) is 5.91 Å². The van der Waals surface area contributed by atoms with Crippen molar-refractivity contribution >= 4 is 5.91 Å². The molecule has 0 saturated carbocycles. The molecule has 7 unspecified atom stereocenters. The molecule has 1 aliphatic rings. The maximum Gasteiger partial charge on any atom is 0.220 e. The lowest BCUT2D eigenvalue weighted by Gasteiger charge is -2.40. The topological polar surface area (TPSA) is 149 Å². The van der Waals surface area contributed by atoms with Crippen molar-refractivity contribution in [1.82, 2.24) is 5.32 Å². The molecule has 7 atom stereocenters. The molecule has 0 aliphatic carbocycles. The summed E-state index contributed by atoms with van der Waals surface area (Å²) in [7, 11) is 0. The minimum atomic E-state index is -1.58. The Hall–Kier alpha value is -2.89. The van der Waals surface area contributed by atoms with Crippen molar-refractivity contribution in [3.63, 3.8) is 0 Å². The third kappa shape index (κ3) is 51.2. The number of rotatable bonds is 61. The summed E-state index contributed by atoms with van der Waals surface area (Å²) >= 11 is 0. The minimum Gasteiger partial charge on any atom is -0.394 e. The smallest absolute Gasteiger partial charge is 0.220 e. The lowest BCUT2D eigenvalue weighted by molar-refractivity contribution is -0.302. The molecule has 0 bridgehead atoms. The summed E-state index contributed by atoms with van der Waals surface area (Å²) < 4.78 is 11.3. The third-order valence-corrected chi connectivity index (χ3v) is 16.4. The minimum absolute atomic E-state index is 0.188. The van der Waals surface area contributed by atoms with E-state index in [9.17, 15) is 30.3 Å². The average Bonchev–Trinajstić information content (AvgIpc) is 3.69. The first-order valence-electron chi connectivity index (χ1n) is 35.5. The van der Waals surface area contributed by atoms with Crippen LogP contribution in [0.25, 0.3) is 0 Å². The summed E-state index contributed by atoms with van der Waals surface area (Å²) in [6, 6.07) is -0.820. The molecule has 0 aromatic rings. The maximum absolute atomic E-state index is 13.1. The molecule has 1 aliphatic heterocycles. The van der Waals surface area contributed by atoms with E-state index in [0.29, 0.717) is 6.42 Å². The standard InChI is InChI=1S/C75H133NO8/c1-3-5-7-9-11-13-15-17-19-21-23-25-27-29-31-33-34-35-37-38-40-42-44-46-48-50-52-54-56-58-60-62-64-69(78)68(67-83-75-74(82)73(81)72(80)70(66-77)84-75)76-71(79)65-63-61-59-57-55-53-51-49-47-45-43-41-39-36-32-30-28-26-24-22-20-18-16-14-12-10-8-6-4-2/h6,8,12,14,18,20,24,26,30,32,39,41,45,47,62,64,68-70,72-75,77-78,80-82H,3-5,7,9-11,13,15-17,19,21-23,25,27-29,31,33-38,40,42-44,46,48-61,63,65-67H2,1-2H3,(H,76,79)/b8-6-,14-12-,20-18-,26-24-,32-30-,41-39-,47-45-,64-62+.